The zero-order chi connectivity index (χ0) is 13.0. The lowest BCUT2D eigenvalue weighted by molar-refractivity contribution is -0.475. The van der Waals surface area contributed by atoms with Crippen LogP contribution in [0.4, 0.5) is 5.95 Å². The minimum absolute atomic E-state index is 0.452. The molecule has 94 valence electrons. The van der Waals surface area contributed by atoms with E-state index in [1.54, 1.807) is 11.3 Å². The standard InChI is InChI=1S/C12H15N5S/c1-8-6-9(2)16-12(15-8)17-11(13)14-7-10-4-3-5-18-10/h3-6H,7H2,1-2H3,(H3,13,14,15,16,17)/p+1. The monoisotopic (exact) mass is 262 g/mol. The molecule has 0 amide bonds. The summed E-state index contributed by atoms with van der Waals surface area (Å²) in [4.78, 5) is 12.8. The summed E-state index contributed by atoms with van der Waals surface area (Å²) in [7, 11) is 0. The van der Waals surface area contributed by atoms with E-state index in [1.165, 1.54) is 4.88 Å². The van der Waals surface area contributed by atoms with Crippen molar-refractivity contribution in [1.82, 2.24) is 9.97 Å². The van der Waals surface area contributed by atoms with E-state index in [4.69, 9.17) is 5.73 Å². The molecule has 4 N–H and O–H groups in total. The summed E-state index contributed by atoms with van der Waals surface area (Å²) in [5.41, 5.74) is 7.67. The fourth-order valence-corrected chi connectivity index (χ4v) is 2.19. The van der Waals surface area contributed by atoms with E-state index < -0.39 is 0 Å². The quantitative estimate of drug-likeness (QED) is 0.544. The molecular weight excluding hydrogens is 246 g/mol. The maximum Gasteiger partial charge on any atom is 0.348 e. The molecule has 0 fully saturated rings. The van der Waals surface area contributed by atoms with Gasteiger partial charge in [-0.2, -0.15) is 0 Å². The van der Waals surface area contributed by atoms with Crippen molar-refractivity contribution in [2.24, 2.45) is 5.73 Å². The van der Waals surface area contributed by atoms with Crippen LogP contribution in [0.3, 0.4) is 0 Å². The van der Waals surface area contributed by atoms with Crippen molar-refractivity contribution in [3.8, 4) is 0 Å². The van der Waals surface area contributed by atoms with Gasteiger partial charge in [0.25, 0.3) is 5.95 Å². The Hall–Kier alpha value is -1.95. The van der Waals surface area contributed by atoms with E-state index >= 15 is 0 Å². The van der Waals surface area contributed by atoms with Crippen LogP contribution in [0.2, 0.25) is 0 Å². The van der Waals surface area contributed by atoms with Gasteiger partial charge < -0.3 is 0 Å². The van der Waals surface area contributed by atoms with Crippen molar-refractivity contribution in [3.05, 3.63) is 39.8 Å². The number of anilines is 1. The van der Waals surface area contributed by atoms with Gasteiger partial charge in [-0.3, -0.25) is 10.7 Å². The molecule has 0 radical (unpaired) electrons. The fourth-order valence-electron chi connectivity index (χ4n) is 1.54. The molecule has 2 aromatic rings. The van der Waals surface area contributed by atoms with Crippen LogP contribution in [0.1, 0.15) is 16.3 Å². The van der Waals surface area contributed by atoms with Gasteiger partial charge in [0.05, 0.1) is 6.54 Å². The molecule has 2 aromatic heterocycles. The van der Waals surface area contributed by atoms with E-state index in [2.05, 4.69) is 26.3 Å². The Morgan fingerprint density at radius 3 is 2.72 bits per heavy atom. The van der Waals surface area contributed by atoms with Gasteiger partial charge in [0.15, 0.2) is 0 Å². The third-order valence-corrected chi connectivity index (χ3v) is 3.14. The Morgan fingerprint density at radius 2 is 2.11 bits per heavy atom. The summed E-state index contributed by atoms with van der Waals surface area (Å²) in [5.74, 6) is 0.970. The molecule has 2 heterocycles. The minimum Gasteiger partial charge on any atom is -0.290 e. The molecule has 0 aliphatic carbocycles. The highest BCUT2D eigenvalue weighted by molar-refractivity contribution is 7.09. The Bertz CT molecular complexity index is 527. The Labute approximate surface area is 110 Å². The van der Waals surface area contributed by atoms with Crippen LogP contribution in [0.15, 0.2) is 23.6 Å². The Morgan fingerprint density at radius 1 is 1.39 bits per heavy atom. The number of aromatic nitrogens is 2. The lowest BCUT2D eigenvalue weighted by atomic mass is 10.4. The molecule has 0 aliphatic rings. The summed E-state index contributed by atoms with van der Waals surface area (Å²) in [6.45, 7) is 4.55. The third-order valence-electron chi connectivity index (χ3n) is 2.26. The molecular formula is C12H16N5S+. The Kier molecular flexibility index (Phi) is 3.88. The molecule has 0 aliphatic heterocycles. The normalized spacial score (nSPS) is 11.6. The first-order valence-electron chi connectivity index (χ1n) is 5.61. The first-order chi connectivity index (χ1) is 8.63. The van der Waals surface area contributed by atoms with Crippen LogP contribution in [-0.4, -0.2) is 15.9 Å². The lowest BCUT2D eigenvalue weighted by Crippen LogP contribution is -2.75. The molecule has 0 spiro atoms. The molecule has 0 atom stereocenters. The van der Waals surface area contributed by atoms with Gasteiger partial charge in [0.1, 0.15) is 0 Å². The van der Waals surface area contributed by atoms with Gasteiger partial charge in [-0.15, -0.1) is 11.3 Å². The fraction of sp³-hybridized carbons (Fsp3) is 0.250. The number of nitrogens with two attached hydrogens (primary N) is 1. The van der Waals surface area contributed by atoms with Crippen LogP contribution < -0.4 is 16.0 Å². The first kappa shape index (κ1) is 12.5. The maximum atomic E-state index is 5.84. The molecule has 0 bridgehead atoms. The number of thiophene rings is 1. The highest BCUT2D eigenvalue weighted by atomic mass is 32.1. The topological polar surface area (TPSA) is 77.8 Å². The van der Waals surface area contributed by atoms with E-state index in [0.717, 1.165) is 11.4 Å². The zero-order valence-electron chi connectivity index (χ0n) is 10.4. The van der Waals surface area contributed by atoms with Gasteiger partial charge in [0.2, 0.25) is 0 Å². The van der Waals surface area contributed by atoms with Gasteiger partial charge >= 0.3 is 5.96 Å². The molecule has 18 heavy (non-hydrogen) atoms. The summed E-state index contributed by atoms with van der Waals surface area (Å²) in [6, 6.07) is 5.98. The van der Waals surface area contributed by atoms with E-state index in [0.29, 0.717) is 18.5 Å². The van der Waals surface area contributed by atoms with Gasteiger partial charge in [-0.25, -0.2) is 15.3 Å². The van der Waals surface area contributed by atoms with Crippen LogP contribution in [0.5, 0.6) is 0 Å². The zero-order valence-corrected chi connectivity index (χ0v) is 11.2. The molecule has 0 unspecified atom stereocenters. The number of nitrogens with zero attached hydrogens (tertiary/aromatic N) is 2. The molecule has 5 nitrogen and oxygen atoms in total. The smallest absolute Gasteiger partial charge is 0.290 e. The van der Waals surface area contributed by atoms with Crippen molar-refractivity contribution in [3.63, 3.8) is 0 Å². The van der Waals surface area contributed by atoms with E-state index in [-0.39, 0.29) is 0 Å². The number of rotatable bonds is 3. The number of hydrogen-bond acceptors (Lipinski definition) is 3. The largest absolute Gasteiger partial charge is 0.348 e. The second-order valence-electron chi connectivity index (χ2n) is 3.95. The minimum atomic E-state index is 0.452. The predicted molar refractivity (Wildman–Crippen MR) is 73.3 cm³/mol. The van der Waals surface area contributed by atoms with Crippen LogP contribution in [-0.2, 0) is 6.54 Å². The summed E-state index contributed by atoms with van der Waals surface area (Å²) in [6.07, 6.45) is 0. The van der Waals surface area contributed by atoms with Gasteiger partial charge in [-0.05, 0) is 31.4 Å². The van der Waals surface area contributed by atoms with Crippen molar-refractivity contribution in [2.45, 2.75) is 20.4 Å². The third kappa shape index (κ3) is 3.53. The second kappa shape index (κ2) is 5.59. The highest BCUT2D eigenvalue weighted by Gasteiger charge is 2.06. The van der Waals surface area contributed by atoms with Gasteiger partial charge in [-0.1, -0.05) is 6.07 Å². The number of guanidine groups is 1. The second-order valence-corrected chi connectivity index (χ2v) is 4.98. The van der Waals surface area contributed by atoms with E-state index in [9.17, 15) is 0 Å². The first-order valence-corrected chi connectivity index (χ1v) is 6.49. The molecule has 0 saturated heterocycles. The van der Waals surface area contributed by atoms with Crippen LogP contribution >= 0.6 is 11.3 Å². The van der Waals surface area contributed by atoms with Crippen LogP contribution in [0.25, 0.3) is 0 Å². The summed E-state index contributed by atoms with van der Waals surface area (Å²) < 4.78 is 0. The highest BCUT2D eigenvalue weighted by Crippen LogP contribution is 2.05. The molecule has 0 saturated carbocycles. The van der Waals surface area contributed by atoms with Gasteiger partial charge in [0, 0.05) is 16.3 Å². The summed E-state index contributed by atoms with van der Waals surface area (Å²) >= 11 is 1.69. The Balaban J connectivity index is 2.02. The SMILES string of the molecule is Cc1cc(C)nc(NC(N)=[NH+]Cc2cccs2)n1. The predicted octanol–water partition coefficient (Wildman–Crippen LogP) is 0.162. The average Bonchev–Trinajstić information content (AvgIpc) is 2.77. The number of aryl methyl sites for hydroxylation is 2. The molecule has 0 aromatic carbocycles. The van der Waals surface area contributed by atoms with Crippen molar-refractivity contribution in [2.75, 3.05) is 5.32 Å². The van der Waals surface area contributed by atoms with Crippen molar-refractivity contribution < 1.29 is 4.99 Å². The number of hydrogen-bond donors (Lipinski definition) is 3. The van der Waals surface area contributed by atoms with Crippen LogP contribution in [0, 0.1) is 13.8 Å². The van der Waals surface area contributed by atoms with Crippen molar-refractivity contribution in [1.29, 1.82) is 0 Å². The number of nitrogens with one attached hydrogen (secondary N) is 2. The average molecular weight is 262 g/mol. The molecule has 6 heteroatoms. The molecule has 2 rings (SSSR count). The van der Waals surface area contributed by atoms with E-state index in [1.807, 2.05) is 31.4 Å². The summed E-state index contributed by atoms with van der Waals surface area (Å²) in [5, 5.41) is 4.99. The lowest BCUT2D eigenvalue weighted by Gasteiger charge is -2.00. The maximum absolute atomic E-state index is 5.84. The van der Waals surface area contributed by atoms with Crippen molar-refractivity contribution >= 4 is 23.2 Å².